The van der Waals surface area contributed by atoms with Crippen molar-refractivity contribution < 1.29 is 9.15 Å². The molecule has 0 atom stereocenters. The molecular formula is C11H17NO2. The van der Waals surface area contributed by atoms with Gasteiger partial charge in [0.1, 0.15) is 18.1 Å². The van der Waals surface area contributed by atoms with E-state index < -0.39 is 0 Å². The van der Waals surface area contributed by atoms with Crippen LogP contribution in [0.5, 0.6) is 0 Å². The average Bonchev–Trinajstić information content (AvgIpc) is 2.91. The lowest BCUT2D eigenvalue weighted by Crippen LogP contribution is -1.96. The highest BCUT2D eigenvalue weighted by Gasteiger charge is 2.21. The summed E-state index contributed by atoms with van der Waals surface area (Å²) < 4.78 is 11.0. The van der Waals surface area contributed by atoms with Gasteiger partial charge in [-0.2, -0.15) is 0 Å². The van der Waals surface area contributed by atoms with Crippen molar-refractivity contribution >= 4 is 0 Å². The lowest BCUT2D eigenvalue weighted by molar-refractivity contribution is 0.0967. The van der Waals surface area contributed by atoms with Crippen LogP contribution in [-0.4, -0.2) is 6.61 Å². The minimum absolute atomic E-state index is 0.540. The van der Waals surface area contributed by atoms with Gasteiger partial charge < -0.3 is 14.9 Å². The van der Waals surface area contributed by atoms with Crippen molar-refractivity contribution in [2.45, 2.75) is 32.9 Å². The Labute approximate surface area is 84.2 Å². The third-order valence-electron chi connectivity index (χ3n) is 2.59. The van der Waals surface area contributed by atoms with Crippen molar-refractivity contribution in [3.05, 3.63) is 23.2 Å². The molecular weight excluding hydrogens is 178 g/mol. The maximum Gasteiger partial charge on any atom is 0.130 e. The van der Waals surface area contributed by atoms with Crippen molar-refractivity contribution in [1.82, 2.24) is 0 Å². The molecule has 0 amide bonds. The Morgan fingerprint density at radius 3 is 2.93 bits per heavy atom. The van der Waals surface area contributed by atoms with E-state index in [2.05, 4.69) is 0 Å². The lowest BCUT2D eigenvalue weighted by atomic mass is 10.2. The van der Waals surface area contributed by atoms with Gasteiger partial charge in [-0.05, 0) is 31.7 Å². The van der Waals surface area contributed by atoms with E-state index in [1.165, 1.54) is 12.8 Å². The van der Waals surface area contributed by atoms with Gasteiger partial charge in [0.15, 0.2) is 0 Å². The highest BCUT2D eigenvalue weighted by atomic mass is 16.5. The maximum absolute atomic E-state index is 5.55. The minimum Gasteiger partial charge on any atom is -0.464 e. The van der Waals surface area contributed by atoms with E-state index >= 15 is 0 Å². The molecule has 1 aliphatic rings. The normalized spacial score (nSPS) is 16.1. The van der Waals surface area contributed by atoms with Crippen LogP contribution in [0.4, 0.5) is 0 Å². The molecule has 0 spiro atoms. The smallest absolute Gasteiger partial charge is 0.130 e. The van der Waals surface area contributed by atoms with Gasteiger partial charge in [-0.3, -0.25) is 0 Å². The minimum atomic E-state index is 0.540. The largest absolute Gasteiger partial charge is 0.464 e. The standard InChI is InChI=1S/C11H17NO2/c1-8-10(5-12)4-11(14-8)7-13-6-9-2-3-9/h4,9H,2-3,5-7,12H2,1H3. The van der Waals surface area contributed by atoms with Crippen LogP contribution in [0.25, 0.3) is 0 Å². The van der Waals surface area contributed by atoms with Crippen LogP contribution in [0.1, 0.15) is 29.9 Å². The Kier molecular flexibility index (Phi) is 2.89. The van der Waals surface area contributed by atoms with E-state index in [9.17, 15) is 0 Å². The summed E-state index contributed by atoms with van der Waals surface area (Å²) in [5.74, 6) is 2.61. The molecule has 2 rings (SSSR count). The second kappa shape index (κ2) is 4.15. The van der Waals surface area contributed by atoms with Crippen molar-refractivity contribution in [3.63, 3.8) is 0 Å². The van der Waals surface area contributed by atoms with Gasteiger partial charge in [-0.15, -0.1) is 0 Å². The molecule has 0 aromatic carbocycles. The highest BCUT2D eigenvalue weighted by molar-refractivity contribution is 5.19. The van der Waals surface area contributed by atoms with Gasteiger partial charge in [0, 0.05) is 18.7 Å². The summed E-state index contributed by atoms with van der Waals surface area (Å²) in [7, 11) is 0. The second-order valence-electron chi connectivity index (χ2n) is 3.96. The van der Waals surface area contributed by atoms with Crippen LogP contribution in [0.2, 0.25) is 0 Å². The van der Waals surface area contributed by atoms with Crippen molar-refractivity contribution in [2.75, 3.05) is 6.61 Å². The van der Waals surface area contributed by atoms with E-state index in [0.29, 0.717) is 13.2 Å². The summed E-state index contributed by atoms with van der Waals surface area (Å²) in [6.07, 6.45) is 2.65. The van der Waals surface area contributed by atoms with Crippen LogP contribution in [-0.2, 0) is 17.9 Å². The molecule has 1 saturated carbocycles. The molecule has 3 heteroatoms. The van der Waals surface area contributed by atoms with E-state index in [4.69, 9.17) is 14.9 Å². The molecule has 2 N–H and O–H groups in total. The van der Waals surface area contributed by atoms with Gasteiger partial charge in [0.2, 0.25) is 0 Å². The first-order chi connectivity index (χ1) is 6.79. The van der Waals surface area contributed by atoms with Gasteiger partial charge in [-0.25, -0.2) is 0 Å². The lowest BCUT2D eigenvalue weighted by Gasteiger charge is -1.98. The van der Waals surface area contributed by atoms with Gasteiger partial charge in [0.25, 0.3) is 0 Å². The van der Waals surface area contributed by atoms with E-state index in [1.54, 1.807) is 0 Å². The fourth-order valence-corrected chi connectivity index (χ4v) is 1.47. The summed E-state index contributed by atoms with van der Waals surface area (Å²) in [4.78, 5) is 0. The molecule has 14 heavy (non-hydrogen) atoms. The molecule has 1 heterocycles. The predicted octanol–water partition coefficient (Wildman–Crippen LogP) is 1.97. The van der Waals surface area contributed by atoms with Crippen LogP contribution in [0, 0.1) is 12.8 Å². The molecule has 1 aromatic heterocycles. The number of aryl methyl sites for hydroxylation is 1. The number of hydrogen-bond acceptors (Lipinski definition) is 3. The number of furan rings is 1. The first kappa shape index (κ1) is 9.74. The molecule has 0 aliphatic heterocycles. The molecule has 1 aromatic rings. The van der Waals surface area contributed by atoms with Gasteiger partial charge in [0.05, 0.1) is 0 Å². The van der Waals surface area contributed by atoms with Crippen LogP contribution in [0.15, 0.2) is 10.5 Å². The SMILES string of the molecule is Cc1oc(COCC2CC2)cc1CN. The third-order valence-corrected chi connectivity index (χ3v) is 2.59. The predicted molar refractivity (Wildman–Crippen MR) is 53.7 cm³/mol. The fourth-order valence-electron chi connectivity index (χ4n) is 1.47. The van der Waals surface area contributed by atoms with Crippen LogP contribution < -0.4 is 5.73 Å². The summed E-state index contributed by atoms with van der Waals surface area (Å²) >= 11 is 0. The molecule has 3 nitrogen and oxygen atoms in total. The monoisotopic (exact) mass is 195 g/mol. The number of ether oxygens (including phenoxy) is 1. The van der Waals surface area contributed by atoms with Crippen LogP contribution in [0.3, 0.4) is 0 Å². The van der Waals surface area contributed by atoms with Crippen molar-refractivity contribution in [3.8, 4) is 0 Å². The first-order valence-corrected chi connectivity index (χ1v) is 5.15. The summed E-state index contributed by atoms with van der Waals surface area (Å²) in [5, 5.41) is 0. The Morgan fingerprint density at radius 2 is 2.36 bits per heavy atom. The second-order valence-corrected chi connectivity index (χ2v) is 3.96. The molecule has 1 fully saturated rings. The highest BCUT2D eigenvalue weighted by Crippen LogP contribution is 2.29. The Balaban J connectivity index is 1.82. The molecule has 78 valence electrons. The van der Waals surface area contributed by atoms with Crippen molar-refractivity contribution in [1.29, 1.82) is 0 Å². The molecule has 0 bridgehead atoms. The zero-order valence-corrected chi connectivity index (χ0v) is 8.58. The van der Waals surface area contributed by atoms with Gasteiger partial charge >= 0.3 is 0 Å². The number of rotatable bonds is 5. The third kappa shape index (κ3) is 2.36. The molecule has 0 unspecified atom stereocenters. The zero-order valence-electron chi connectivity index (χ0n) is 8.58. The number of nitrogens with two attached hydrogens (primary N) is 1. The molecule has 1 aliphatic carbocycles. The van der Waals surface area contributed by atoms with Crippen molar-refractivity contribution in [2.24, 2.45) is 11.7 Å². The Bertz CT molecular complexity index is 302. The maximum atomic E-state index is 5.55. The molecule has 0 radical (unpaired) electrons. The number of hydrogen-bond donors (Lipinski definition) is 1. The van der Waals surface area contributed by atoms with E-state index in [1.807, 2.05) is 13.0 Å². The van der Waals surface area contributed by atoms with E-state index in [-0.39, 0.29) is 0 Å². The topological polar surface area (TPSA) is 48.4 Å². The van der Waals surface area contributed by atoms with E-state index in [0.717, 1.165) is 29.6 Å². The fraction of sp³-hybridized carbons (Fsp3) is 0.636. The summed E-state index contributed by atoms with van der Waals surface area (Å²) in [5.41, 5.74) is 6.63. The van der Waals surface area contributed by atoms with Gasteiger partial charge in [-0.1, -0.05) is 0 Å². The summed E-state index contributed by atoms with van der Waals surface area (Å²) in [6, 6.07) is 1.99. The summed E-state index contributed by atoms with van der Waals surface area (Å²) in [6.45, 7) is 3.93. The average molecular weight is 195 g/mol. The Morgan fingerprint density at radius 1 is 1.57 bits per heavy atom. The first-order valence-electron chi connectivity index (χ1n) is 5.15. The Hall–Kier alpha value is -0.800. The van der Waals surface area contributed by atoms with Crippen LogP contribution >= 0.6 is 0 Å². The molecule has 0 saturated heterocycles. The quantitative estimate of drug-likeness (QED) is 0.781. The zero-order chi connectivity index (χ0) is 9.97.